The van der Waals surface area contributed by atoms with Gasteiger partial charge in [-0.2, -0.15) is 0 Å². The first-order valence-corrected chi connectivity index (χ1v) is 11.2. The van der Waals surface area contributed by atoms with Crippen LogP contribution >= 0.6 is 0 Å². The van der Waals surface area contributed by atoms with Crippen molar-refractivity contribution in [3.05, 3.63) is 87.8 Å². The Morgan fingerprint density at radius 3 is 2.55 bits per heavy atom. The molecule has 5 rings (SSSR count). The topological polar surface area (TPSA) is 51.9 Å². The Bertz CT molecular complexity index is 1390. The quantitative estimate of drug-likeness (QED) is 0.350. The number of anilines is 1. The molecule has 33 heavy (non-hydrogen) atoms. The number of aryl methyl sites for hydroxylation is 1. The number of hydrogen-bond donors (Lipinski definition) is 0. The fourth-order valence-electron chi connectivity index (χ4n) is 4.67. The highest BCUT2D eigenvalue weighted by molar-refractivity contribution is 5.96. The molecular formula is C28H27NO4. The normalized spacial score (nSPS) is 13.2. The number of rotatable bonds is 4. The van der Waals surface area contributed by atoms with Crippen molar-refractivity contribution in [2.45, 2.75) is 33.2 Å². The molecule has 0 spiro atoms. The van der Waals surface area contributed by atoms with Crippen molar-refractivity contribution in [3.63, 3.8) is 0 Å². The Kier molecular flexibility index (Phi) is 5.33. The highest BCUT2D eigenvalue weighted by Gasteiger charge is 2.25. The molecule has 0 bridgehead atoms. The van der Waals surface area contributed by atoms with Gasteiger partial charge in [-0.25, -0.2) is 4.79 Å². The predicted octanol–water partition coefficient (Wildman–Crippen LogP) is 6.26. The lowest BCUT2D eigenvalue weighted by Gasteiger charge is -2.34. The van der Waals surface area contributed by atoms with Crippen molar-refractivity contribution in [1.29, 1.82) is 0 Å². The van der Waals surface area contributed by atoms with E-state index in [-0.39, 0.29) is 5.63 Å². The summed E-state index contributed by atoms with van der Waals surface area (Å²) >= 11 is 0. The minimum absolute atomic E-state index is 0.377. The molecule has 0 atom stereocenters. The maximum Gasteiger partial charge on any atom is 0.336 e. The van der Waals surface area contributed by atoms with Crippen LogP contribution in [-0.4, -0.2) is 13.8 Å². The first kappa shape index (κ1) is 21.1. The van der Waals surface area contributed by atoms with Crippen LogP contribution in [0.3, 0.4) is 0 Å². The van der Waals surface area contributed by atoms with E-state index in [2.05, 4.69) is 43.9 Å². The zero-order valence-corrected chi connectivity index (χ0v) is 19.3. The lowest BCUT2D eigenvalue weighted by atomic mass is 9.96. The van der Waals surface area contributed by atoms with E-state index in [4.69, 9.17) is 13.9 Å². The fraction of sp³-hybridized carbons (Fsp3) is 0.250. The monoisotopic (exact) mass is 441 g/mol. The smallest absolute Gasteiger partial charge is 0.336 e. The molecule has 0 amide bonds. The minimum atomic E-state index is -0.377. The molecule has 5 nitrogen and oxygen atoms in total. The minimum Gasteiger partial charge on any atom is -0.497 e. The average Bonchev–Trinajstić information content (AvgIpc) is 2.83. The number of hydrogen-bond acceptors (Lipinski definition) is 5. The summed E-state index contributed by atoms with van der Waals surface area (Å²) in [5.74, 6) is 1.91. The largest absolute Gasteiger partial charge is 0.497 e. The molecular weight excluding hydrogens is 414 g/mol. The summed E-state index contributed by atoms with van der Waals surface area (Å²) in [7, 11) is 1.64. The fourth-order valence-corrected chi connectivity index (χ4v) is 4.67. The maximum atomic E-state index is 12.6. The van der Waals surface area contributed by atoms with Crippen LogP contribution < -0.4 is 20.0 Å². The van der Waals surface area contributed by atoms with Crippen molar-refractivity contribution in [1.82, 2.24) is 0 Å². The summed E-state index contributed by atoms with van der Waals surface area (Å²) in [5, 5.41) is 0.887. The van der Waals surface area contributed by atoms with E-state index in [1.165, 1.54) is 16.8 Å². The number of nitrogens with zero attached hydrogens (tertiary/aromatic N) is 1. The van der Waals surface area contributed by atoms with Gasteiger partial charge >= 0.3 is 5.63 Å². The zero-order chi connectivity index (χ0) is 23.1. The van der Waals surface area contributed by atoms with Gasteiger partial charge in [0.05, 0.1) is 19.2 Å². The van der Waals surface area contributed by atoms with Gasteiger partial charge in [0.15, 0.2) is 6.73 Å². The number of methoxy groups -OCH3 is 1. The van der Waals surface area contributed by atoms with Gasteiger partial charge in [0.2, 0.25) is 0 Å². The second-order valence-electron chi connectivity index (χ2n) is 8.77. The summed E-state index contributed by atoms with van der Waals surface area (Å²) in [6, 6.07) is 19.6. The molecule has 0 radical (unpaired) electrons. The van der Waals surface area contributed by atoms with Gasteiger partial charge in [0, 0.05) is 17.1 Å². The van der Waals surface area contributed by atoms with Crippen LogP contribution in [0.4, 0.5) is 5.69 Å². The molecule has 0 saturated heterocycles. The molecule has 4 aromatic rings. The number of benzene rings is 3. The van der Waals surface area contributed by atoms with Crippen LogP contribution in [-0.2, 0) is 6.54 Å². The number of ether oxygens (including phenoxy) is 2. The van der Waals surface area contributed by atoms with Gasteiger partial charge in [-0.3, -0.25) is 0 Å². The standard InChI is InChI=1S/C28H27NO4/c1-17(2)21-7-5-6-18(3)27(21)29-15-24-25(32-16-29)13-12-22-23(14-26(30)33-28(22)24)19-8-10-20(31-4)11-9-19/h5-14,17H,15-16H2,1-4H3. The highest BCUT2D eigenvalue weighted by Crippen LogP contribution is 2.39. The third-order valence-corrected chi connectivity index (χ3v) is 6.31. The third-order valence-electron chi connectivity index (χ3n) is 6.31. The Hall–Kier alpha value is -3.73. The summed E-state index contributed by atoms with van der Waals surface area (Å²) in [4.78, 5) is 14.8. The highest BCUT2D eigenvalue weighted by atomic mass is 16.5. The van der Waals surface area contributed by atoms with Crippen molar-refractivity contribution < 1.29 is 13.9 Å². The maximum absolute atomic E-state index is 12.6. The van der Waals surface area contributed by atoms with Crippen LogP contribution in [0.1, 0.15) is 36.5 Å². The van der Waals surface area contributed by atoms with Gasteiger partial charge in [-0.05, 0) is 59.4 Å². The van der Waals surface area contributed by atoms with Gasteiger partial charge in [-0.15, -0.1) is 0 Å². The molecule has 1 aliphatic heterocycles. The Morgan fingerprint density at radius 2 is 1.82 bits per heavy atom. The van der Waals surface area contributed by atoms with E-state index < -0.39 is 0 Å². The summed E-state index contributed by atoms with van der Waals surface area (Å²) in [6.45, 7) is 7.58. The first-order chi connectivity index (χ1) is 16.0. The molecule has 0 N–H and O–H groups in total. The lowest BCUT2D eigenvalue weighted by molar-refractivity contribution is 0.288. The van der Waals surface area contributed by atoms with Crippen LogP contribution in [0, 0.1) is 6.92 Å². The average molecular weight is 442 g/mol. The Balaban J connectivity index is 1.65. The molecule has 0 unspecified atom stereocenters. The second-order valence-corrected chi connectivity index (χ2v) is 8.77. The van der Waals surface area contributed by atoms with Crippen molar-refractivity contribution >= 4 is 16.7 Å². The third kappa shape index (κ3) is 3.74. The van der Waals surface area contributed by atoms with E-state index in [1.807, 2.05) is 36.4 Å². The van der Waals surface area contributed by atoms with E-state index in [1.54, 1.807) is 13.2 Å². The van der Waals surface area contributed by atoms with Crippen LogP contribution in [0.15, 0.2) is 69.9 Å². The molecule has 3 aromatic carbocycles. The van der Waals surface area contributed by atoms with E-state index in [0.717, 1.165) is 33.6 Å². The molecule has 2 heterocycles. The van der Waals surface area contributed by atoms with Crippen molar-refractivity contribution in [2.75, 3.05) is 18.7 Å². The van der Waals surface area contributed by atoms with E-state index >= 15 is 0 Å². The van der Waals surface area contributed by atoms with Crippen LogP contribution in [0.25, 0.3) is 22.1 Å². The summed E-state index contributed by atoms with van der Waals surface area (Å²) < 4.78 is 17.2. The predicted molar refractivity (Wildman–Crippen MR) is 131 cm³/mol. The lowest BCUT2D eigenvalue weighted by Crippen LogP contribution is -2.33. The van der Waals surface area contributed by atoms with Gasteiger partial charge in [-0.1, -0.05) is 44.2 Å². The SMILES string of the molecule is COc1ccc(-c2cc(=O)oc3c4c(ccc23)OCN(c2c(C)cccc2C(C)C)C4)cc1. The van der Waals surface area contributed by atoms with Crippen molar-refractivity contribution in [3.8, 4) is 22.6 Å². The van der Waals surface area contributed by atoms with Crippen LogP contribution in [0.5, 0.6) is 11.5 Å². The number of fused-ring (bicyclic) bond motifs is 3. The Labute approximate surface area is 193 Å². The summed E-state index contributed by atoms with van der Waals surface area (Å²) in [6.07, 6.45) is 0. The van der Waals surface area contributed by atoms with Crippen LogP contribution in [0.2, 0.25) is 0 Å². The van der Waals surface area contributed by atoms with Gasteiger partial charge in [0.25, 0.3) is 0 Å². The van der Waals surface area contributed by atoms with E-state index in [9.17, 15) is 4.79 Å². The molecule has 1 aromatic heterocycles. The molecule has 5 heteroatoms. The first-order valence-electron chi connectivity index (χ1n) is 11.2. The zero-order valence-electron chi connectivity index (χ0n) is 19.3. The molecule has 0 saturated carbocycles. The summed E-state index contributed by atoms with van der Waals surface area (Å²) in [5.41, 5.74) is 6.53. The molecule has 0 aliphatic carbocycles. The Morgan fingerprint density at radius 1 is 1.03 bits per heavy atom. The van der Waals surface area contributed by atoms with E-state index in [0.29, 0.717) is 24.8 Å². The second kappa shape index (κ2) is 8.32. The molecule has 1 aliphatic rings. The molecule has 168 valence electrons. The van der Waals surface area contributed by atoms with Gasteiger partial charge in [0.1, 0.15) is 17.1 Å². The number of para-hydroxylation sites is 1. The van der Waals surface area contributed by atoms with Gasteiger partial charge < -0.3 is 18.8 Å². The molecule has 0 fully saturated rings. The van der Waals surface area contributed by atoms with Crippen molar-refractivity contribution in [2.24, 2.45) is 0 Å².